The van der Waals surface area contributed by atoms with Crippen LogP contribution in [0.3, 0.4) is 0 Å². The normalized spacial score (nSPS) is 12.5. The van der Waals surface area contributed by atoms with E-state index in [4.69, 9.17) is 9.40 Å². The smallest absolute Gasteiger partial charge is 0.138 e. The molecule has 2 heteroatoms. The Hall–Kier alpha value is -3.13. The zero-order valence-corrected chi connectivity index (χ0v) is 20.1. The lowest BCUT2D eigenvalue weighted by Gasteiger charge is -2.21. The number of aromatic nitrogens is 1. The van der Waals surface area contributed by atoms with Gasteiger partial charge < -0.3 is 4.42 Å². The number of aryl methyl sites for hydroxylation is 2. The highest BCUT2D eigenvalue weighted by molar-refractivity contribution is 6.12. The van der Waals surface area contributed by atoms with E-state index in [9.17, 15) is 0 Å². The maximum absolute atomic E-state index is 6.09. The second-order valence-electron chi connectivity index (χ2n) is 10.4. The summed E-state index contributed by atoms with van der Waals surface area (Å²) in [5.41, 5.74) is 7.15. The molecule has 0 aliphatic rings. The van der Waals surface area contributed by atoms with Gasteiger partial charge in [-0.15, -0.1) is 0 Å². The van der Waals surface area contributed by atoms with Crippen LogP contribution >= 0.6 is 0 Å². The van der Waals surface area contributed by atoms with Crippen molar-refractivity contribution in [2.24, 2.45) is 0 Å². The molecule has 0 saturated carbocycles. The largest absolute Gasteiger partial charge is 0.461 e. The van der Waals surface area contributed by atoms with Crippen LogP contribution in [0.15, 0.2) is 59.1 Å². The van der Waals surface area contributed by atoms with E-state index in [0.717, 1.165) is 28.0 Å². The monoisotopic (exact) mass is 421 g/mol. The van der Waals surface area contributed by atoms with Crippen LogP contribution in [-0.2, 0) is 5.41 Å². The first kappa shape index (κ1) is 20.8. The van der Waals surface area contributed by atoms with Crippen LogP contribution in [-0.4, -0.2) is 4.98 Å². The summed E-state index contributed by atoms with van der Waals surface area (Å²) in [5, 5.41) is 6.24. The number of hydrogen-bond donors (Lipinski definition) is 0. The predicted molar refractivity (Wildman–Crippen MR) is 137 cm³/mol. The van der Waals surface area contributed by atoms with E-state index in [1.54, 1.807) is 0 Å². The first-order valence-corrected chi connectivity index (χ1v) is 11.5. The van der Waals surface area contributed by atoms with Gasteiger partial charge in [0.05, 0.1) is 5.69 Å². The molecule has 0 fully saturated rings. The minimum atomic E-state index is -0.0282. The highest BCUT2D eigenvalue weighted by Gasteiger charge is 2.22. The van der Waals surface area contributed by atoms with Gasteiger partial charge in [-0.3, -0.25) is 4.98 Å². The molecule has 5 rings (SSSR count). The van der Waals surface area contributed by atoms with Gasteiger partial charge in [0.1, 0.15) is 11.3 Å². The topological polar surface area (TPSA) is 26.0 Å². The summed E-state index contributed by atoms with van der Waals surface area (Å²) in [6, 6.07) is 17.9. The summed E-state index contributed by atoms with van der Waals surface area (Å²) in [6.07, 6.45) is 1.95. The maximum Gasteiger partial charge on any atom is 0.138 e. The highest BCUT2D eigenvalue weighted by atomic mass is 16.3. The lowest BCUT2D eigenvalue weighted by molar-refractivity contribution is 0.542. The molecule has 0 N–H and O–H groups in total. The Morgan fingerprint density at radius 3 is 2.22 bits per heavy atom. The summed E-state index contributed by atoms with van der Waals surface area (Å²) < 4.78 is 6.09. The molecule has 2 heterocycles. The van der Waals surface area contributed by atoms with Gasteiger partial charge in [-0.05, 0) is 76.7 Å². The summed E-state index contributed by atoms with van der Waals surface area (Å²) in [4.78, 5) is 4.87. The molecule has 0 spiro atoms. The molecule has 0 unspecified atom stereocenters. The van der Waals surface area contributed by atoms with Crippen molar-refractivity contribution in [3.8, 4) is 11.3 Å². The molecule has 3 aromatic carbocycles. The van der Waals surface area contributed by atoms with Crippen LogP contribution in [0.25, 0.3) is 43.8 Å². The predicted octanol–water partition coefficient (Wildman–Crippen LogP) is 8.84. The fraction of sp³-hybridized carbons (Fsp3) is 0.300. The zero-order chi connectivity index (χ0) is 22.8. The lowest BCUT2D eigenvalue weighted by Crippen LogP contribution is -2.11. The minimum Gasteiger partial charge on any atom is -0.461 e. The first-order valence-electron chi connectivity index (χ1n) is 11.5. The van der Waals surface area contributed by atoms with Crippen LogP contribution in [0.5, 0.6) is 0 Å². The number of fused-ring (bicyclic) bond motifs is 4. The van der Waals surface area contributed by atoms with Crippen LogP contribution in [0.1, 0.15) is 63.0 Å². The zero-order valence-electron chi connectivity index (χ0n) is 20.1. The van der Waals surface area contributed by atoms with Crippen molar-refractivity contribution in [2.45, 2.75) is 59.8 Å². The molecule has 0 aliphatic carbocycles. The second-order valence-corrected chi connectivity index (χ2v) is 10.4. The molecular weight excluding hydrogens is 390 g/mol. The molecule has 32 heavy (non-hydrogen) atoms. The average molecular weight is 422 g/mol. The number of pyridine rings is 1. The second kappa shape index (κ2) is 7.20. The molecule has 162 valence electrons. The van der Waals surface area contributed by atoms with Crippen LogP contribution in [0, 0.1) is 13.8 Å². The third-order valence-corrected chi connectivity index (χ3v) is 6.60. The molecule has 0 radical (unpaired) electrons. The van der Waals surface area contributed by atoms with Gasteiger partial charge in [-0.2, -0.15) is 0 Å². The fourth-order valence-electron chi connectivity index (χ4n) is 5.18. The van der Waals surface area contributed by atoms with Crippen LogP contribution in [0.4, 0.5) is 0 Å². The number of furan rings is 1. The van der Waals surface area contributed by atoms with Gasteiger partial charge >= 0.3 is 0 Å². The van der Waals surface area contributed by atoms with Crippen molar-refractivity contribution in [3.05, 3.63) is 77.2 Å². The standard InChI is InChI=1S/C30H31NO/c1-17(2)27-18(3)8-9-22-23-12-13-31-28(25(23)11-10-24(22)27)20-15-21-14-19(4)32-29(21)26(16-20)30(5,6)7/h8-17H,1-7H3. The molecule has 2 nitrogen and oxygen atoms in total. The van der Waals surface area contributed by atoms with Gasteiger partial charge in [-0.1, -0.05) is 58.9 Å². The lowest BCUT2D eigenvalue weighted by atomic mass is 9.84. The summed E-state index contributed by atoms with van der Waals surface area (Å²) in [5.74, 6) is 1.43. The summed E-state index contributed by atoms with van der Waals surface area (Å²) >= 11 is 0. The average Bonchev–Trinajstić information content (AvgIpc) is 3.10. The number of benzene rings is 3. The van der Waals surface area contributed by atoms with Gasteiger partial charge in [-0.25, -0.2) is 0 Å². The first-order chi connectivity index (χ1) is 15.1. The number of nitrogens with zero attached hydrogens (tertiary/aromatic N) is 1. The SMILES string of the molecule is Cc1cc2cc(-c3nccc4c3ccc3c(C(C)C)c(C)ccc34)cc(C(C)(C)C)c2o1. The molecule has 0 bridgehead atoms. The van der Waals surface area contributed by atoms with E-state index in [2.05, 4.69) is 90.1 Å². The Labute approximate surface area is 190 Å². The van der Waals surface area contributed by atoms with Crippen molar-refractivity contribution >= 4 is 32.5 Å². The Morgan fingerprint density at radius 1 is 0.812 bits per heavy atom. The van der Waals surface area contributed by atoms with Gasteiger partial charge in [0.25, 0.3) is 0 Å². The molecule has 0 atom stereocenters. The van der Waals surface area contributed by atoms with E-state index in [0.29, 0.717) is 5.92 Å². The third-order valence-electron chi connectivity index (χ3n) is 6.60. The molecular formula is C30H31NO. The molecule has 5 aromatic rings. The maximum atomic E-state index is 6.09. The van der Waals surface area contributed by atoms with Crippen LogP contribution in [0.2, 0.25) is 0 Å². The summed E-state index contributed by atoms with van der Waals surface area (Å²) in [6.45, 7) is 15.5. The molecule has 0 amide bonds. The molecule has 0 aliphatic heterocycles. The van der Waals surface area contributed by atoms with Gasteiger partial charge in [0.2, 0.25) is 0 Å². The van der Waals surface area contributed by atoms with Crippen molar-refractivity contribution in [1.82, 2.24) is 4.98 Å². The Balaban J connectivity index is 1.83. The van der Waals surface area contributed by atoms with E-state index < -0.39 is 0 Å². The van der Waals surface area contributed by atoms with Crippen LogP contribution < -0.4 is 0 Å². The fourth-order valence-corrected chi connectivity index (χ4v) is 5.18. The minimum absolute atomic E-state index is 0.0282. The van der Waals surface area contributed by atoms with E-state index in [-0.39, 0.29) is 5.41 Å². The van der Waals surface area contributed by atoms with Crippen molar-refractivity contribution in [1.29, 1.82) is 0 Å². The molecule has 2 aromatic heterocycles. The highest BCUT2D eigenvalue weighted by Crippen LogP contribution is 2.39. The Kier molecular flexibility index (Phi) is 4.67. The Morgan fingerprint density at radius 2 is 1.50 bits per heavy atom. The van der Waals surface area contributed by atoms with Crippen molar-refractivity contribution in [2.75, 3.05) is 0 Å². The van der Waals surface area contributed by atoms with E-state index >= 15 is 0 Å². The van der Waals surface area contributed by atoms with Crippen molar-refractivity contribution in [3.63, 3.8) is 0 Å². The number of rotatable bonds is 2. The van der Waals surface area contributed by atoms with E-state index in [1.165, 1.54) is 38.2 Å². The van der Waals surface area contributed by atoms with Gasteiger partial charge in [0, 0.05) is 28.1 Å². The summed E-state index contributed by atoms with van der Waals surface area (Å²) in [7, 11) is 0. The van der Waals surface area contributed by atoms with Crippen molar-refractivity contribution < 1.29 is 4.42 Å². The molecule has 0 saturated heterocycles. The quantitative estimate of drug-likeness (QED) is 0.266. The van der Waals surface area contributed by atoms with Gasteiger partial charge in [0.15, 0.2) is 0 Å². The Bertz CT molecular complexity index is 1500. The third kappa shape index (κ3) is 3.21. The number of hydrogen-bond acceptors (Lipinski definition) is 2. The van der Waals surface area contributed by atoms with E-state index in [1.807, 2.05) is 13.1 Å².